The van der Waals surface area contributed by atoms with E-state index in [1.807, 2.05) is 24.3 Å². The maximum absolute atomic E-state index is 12.3. The quantitative estimate of drug-likeness (QED) is 0.584. The van der Waals surface area contributed by atoms with Crippen LogP contribution in [-0.2, 0) is 4.74 Å². The van der Waals surface area contributed by atoms with Crippen LogP contribution in [0.25, 0.3) is 10.8 Å². The summed E-state index contributed by atoms with van der Waals surface area (Å²) >= 11 is 0. The molecule has 21 heavy (non-hydrogen) atoms. The zero-order valence-electron chi connectivity index (χ0n) is 11.8. The molecule has 0 bridgehead atoms. The molecule has 3 rings (SSSR count). The SMILES string of the molecule is COC1CC(NC(=O)c2cc3ccccc3c(NN)n2)C1. The number of pyridine rings is 1. The van der Waals surface area contributed by atoms with Gasteiger partial charge in [-0.05, 0) is 24.3 Å². The molecule has 2 aromatic rings. The van der Waals surface area contributed by atoms with Gasteiger partial charge in [0.15, 0.2) is 0 Å². The van der Waals surface area contributed by atoms with E-state index in [0.29, 0.717) is 11.5 Å². The standard InChI is InChI=1S/C15H18N4O2/c1-21-11-7-10(8-11)17-15(20)13-6-9-4-2-3-5-12(9)14(18-13)19-16/h2-6,10-11H,7-8,16H2,1H3,(H,17,20)(H,18,19). The molecule has 0 spiro atoms. The summed E-state index contributed by atoms with van der Waals surface area (Å²) < 4.78 is 5.20. The first-order valence-corrected chi connectivity index (χ1v) is 6.91. The summed E-state index contributed by atoms with van der Waals surface area (Å²) in [5.74, 6) is 5.82. The minimum Gasteiger partial charge on any atom is -0.381 e. The van der Waals surface area contributed by atoms with E-state index in [2.05, 4.69) is 15.7 Å². The summed E-state index contributed by atoms with van der Waals surface area (Å²) in [5.41, 5.74) is 2.92. The molecule has 1 heterocycles. The number of carbonyl (C=O) groups excluding carboxylic acids is 1. The summed E-state index contributed by atoms with van der Waals surface area (Å²) in [5, 5.41) is 4.78. The van der Waals surface area contributed by atoms with Crippen molar-refractivity contribution in [1.82, 2.24) is 10.3 Å². The Morgan fingerprint density at radius 2 is 2.14 bits per heavy atom. The molecule has 4 N–H and O–H groups in total. The van der Waals surface area contributed by atoms with Crippen LogP contribution in [0.1, 0.15) is 23.3 Å². The van der Waals surface area contributed by atoms with Gasteiger partial charge in [0.25, 0.3) is 5.91 Å². The molecule has 6 nitrogen and oxygen atoms in total. The lowest BCUT2D eigenvalue weighted by molar-refractivity contribution is 0.0175. The summed E-state index contributed by atoms with van der Waals surface area (Å²) in [7, 11) is 1.69. The molecule has 1 aromatic carbocycles. The van der Waals surface area contributed by atoms with Crippen molar-refractivity contribution in [2.24, 2.45) is 5.84 Å². The Morgan fingerprint density at radius 3 is 2.86 bits per heavy atom. The molecule has 1 fully saturated rings. The minimum absolute atomic E-state index is 0.157. The van der Waals surface area contributed by atoms with E-state index in [1.165, 1.54) is 0 Å². The Bertz CT molecular complexity index is 668. The first-order valence-electron chi connectivity index (χ1n) is 6.91. The lowest BCUT2D eigenvalue weighted by Gasteiger charge is -2.34. The second-order valence-corrected chi connectivity index (χ2v) is 5.22. The summed E-state index contributed by atoms with van der Waals surface area (Å²) in [6.07, 6.45) is 1.94. The van der Waals surface area contributed by atoms with Crippen molar-refractivity contribution in [3.63, 3.8) is 0 Å². The molecule has 6 heteroatoms. The van der Waals surface area contributed by atoms with Crippen molar-refractivity contribution in [1.29, 1.82) is 0 Å². The molecule has 0 atom stereocenters. The molecule has 1 aromatic heterocycles. The van der Waals surface area contributed by atoms with E-state index in [0.717, 1.165) is 23.6 Å². The normalized spacial score (nSPS) is 20.9. The van der Waals surface area contributed by atoms with Crippen LogP contribution >= 0.6 is 0 Å². The molecule has 110 valence electrons. The zero-order chi connectivity index (χ0) is 14.8. The number of nitrogens with two attached hydrogens (primary N) is 1. The van der Waals surface area contributed by atoms with E-state index in [-0.39, 0.29) is 18.1 Å². The highest BCUT2D eigenvalue weighted by Gasteiger charge is 2.30. The lowest BCUT2D eigenvalue weighted by atomic mass is 9.89. The number of aromatic nitrogens is 1. The van der Waals surface area contributed by atoms with Gasteiger partial charge in [0, 0.05) is 18.5 Å². The number of rotatable bonds is 4. The van der Waals surface area contributed by atoms with Crippen molar-refractivity contribution in [3.05, 3.63) is 36.0 Å². The highest BCUT2D eigenvalue weighted by Crippen LogP contribution is 2.24. The average Bonchev–Trinajstić information content (AvgIpc) is 2.48. The van der Waals surface area contributed by atoms with E-state index in [9.17, 15) is 4.79 Å². The Labute approximate surface area is 122 Å². The van der Waals surface area contributed by atoms with Crippen LogP contribution in [0.15, 0.2) is 30.3 Å². The van der Waals surface area contributed by atoms with Crippen molar-refractivity contribution in [2.45, 2.75) is 25.0 Å². The highest BCUT2D eigenvalue weighted by atomic mass is 16.5. The van der Waals surface area contributed by atoms with Crippen LogP contribution in [0.2, 0.25) is 0 Å². The minimum atomic E-state index is -0.184. The number of amides is 1. The van der Waals surface area contributed by atoms with Gasteiger partial charge in [-0.3, -0.25) is 4.79 Å². The summed E-state index contributed by atoms with van der Waals surface area (Å²) in [6, 6.07) is 9.60. The van der Waals surface area contributed by atoms with Gasteiger partial charge in [-0.15, -0.1) is 0 Å². The second kappa shape index (κ2) is 5.67. The van der Waals surface area contributed by atoms with Gasteiger partial charge in [-0.1, -0.05) is 24.3 Å². The monoisotopic (exact) mass is 286 g/mol. The van der Waals surface area contributed by atoms with Crippen molar-refractivity contribution >= 4 is 22.5 Å². The number of nitrogens with one attached hydrogen (secondary N) is 2. The molecular weight excluding hydrogens is 268 g/mol. The van der Waals surface area contributed by atoms with Crippen LogP contribution < -0.4 is 16.6 Å². The van der Waals surface area contributed by atoms with Crippen LogP contribution in [0, 0.1) is 0 Å². The molecule has 1 aliphatic rings. The Hall–Kier alpha value is -2.18. The number of hydrogen-bond acceptors (Lipinski definition) is 5. The van der Waals surface area contributed by atoms with Gasteiger partial charge in [-0.25, -0.2) is 10.8 Å². The largest absolute Gasteiger partial charge is 0.381 e. The highest BCUT2D eigenvalue weighted by molar-refractivity contribution is 6.00. The van der Waals surface area contributed by atoms with Gasteiger partial charge in [0.2, 0.25) is 0 Å². The van der Waals surface area contributed by atoms with Crippen LogP contribution in [0.3, 0.4) is 0 Å². The number of anilines is 1. The van der Waals surface area contributed by atoms with Crippen molar-refractivity contribution < 1.29 is 9.53 Å². The molecule has 0 radical (unpaired) electrons. The molecule has 0 unspecified atom stereocenters. The third kappa shape index (κ3) is 2.68. The van der Waals surface area contributed by atoms with Gasteiger partial charge >= 0.3 is 0 Å². The van der Waals surface area contributed by atoms with Gasteiger partial charge < -0.3 is 15.5 Å². The second-order valence-electron chi connectivity index (χ2n) is 5.22. The first-order chi connectivity index (χ1) is 10.2. The zero-order valence-corrected chi connectivity index (χ0v) is 11.8. The summed E-state index contributed by atoms with van der Waals surface area (Å²) in [6.45, 7) is 0. The number of methoxy groups -OCH3 is 1. The third-order valence-electron chi connectivity index (χ3n) is 3.87. The molecule has 1 amide bonds. The lowest BCUT2D eigenvalue weighted by Crippen LogP contribution is -2.47. The number of hydrogen-bond donors (Lipinski definition) is 3. The molecule has 0 aliphatic heterocycles. The summed E-state index contributed by atoms with van der Waals surface area (Å²) in [4.78, 5) is 16.6. The fraction of sp³-hybridized carbons (Fsp3) is 0.333. The number of carbonyl (C=O) groups is 1. The Kier molecular flexibility index (Phi) is 3.72. The van der Waals surface area contributed by atoms with Gasteiger partial charge in [-0.2, -0.15) is 0 Å². The predicted molar refractivity (Wildman–Crippen MR) is 80.8 cm³/mol. The number of benzene rings is 1. The number of fused-ring (bicyclic) bond motifs is 1. The van der Waals surface area contributed by atoms with E-state index in [4.69, 9.17) is 10.6 Å². The number of hydrazine groups is 1. The van der Waals surface area contributed by atoms with E-state index in [1.54, 1.807) is 13.2 Å². The fourth-order valence-electron chi connectivity index (χ4n) is 2.56. The Balaban J connectivity index is 1.81. The number of nitrogen functional groups attached to an aromatic ring is 1. The van der Waals surface area contributed by atoms with Crippen LogP contribution in [0.4, 0.5) is 5.82 Å². The van der Waals surface area contributed by atoms with Gasteiger partial charge in [0.1, 0.15) is 11.5 Å². The molecule has 0 saturated heterocycles. The first kappa shape index (κ1) is 13.8. The molecule has 1 aliphatic carbocycles. The van der Waals surface area contributed by atoms with Gasteiger partial charge in [0.05, 0.1) is 6.10 Å². The average molecular weight is 286 g/mol. The number of nitrogens with zero attached hydrogens (tertiary/aromatic N) is 1. The fourth-order valence-corrected chi connectivity index (χ4v) is 2.56. The van der Waals surface area contributed by atoms with E-state index >= 15 is 0 Å². The third-order valence-corrected chi connectivity index (χ3v) is 3.87. The van der Waals surface area contributed by atoms with Crippen molar-refractivity contribution in [3.8, 4) is 0 Å². The smallest absolute Gasteiger partial charge is 0.270 e. The molecule has 1 saturated carbocycles. The topological polar surface area (TPSA) is 89.3 Å². The predicted octanol–water partition coefficient (Wildman–Crippen LogP) is 1.43. The van der Waals surface area contributed by atoms with E-state index < -0.39 is 0 Å². The maximum Gasteiger partial charge on any atom is 0.270 e. The van der Waals surface area contributed by atoms with Crippen molar-refractivity contribution in [2.75, 3.05) is 12.5 Å². The van der Waals surface area contributed by atoms with Crippen LogP contribution in [-0.4, -0.2) is 30.1 Å². The number of ether oxygens (including phenoxy) is 1. The molecular formula is C15H18N4O2. The van der Waals surface area contributed by atoms with Crippen LogP contribution in [0.5, 0.6) is 0 Å². The maximum atomic E-state index is 12.3. The Morgan fingerprint density at radius 1 is 1.38 bits per heavy atom.